The Morgan fingerprint density at radius 2 is 2.00 bits per heavy atom. The van der Waals surface area contributed by atoms with E-state index in [2.05, 4.69) is 4.98 Å². The number of pyridine rings is 1. The van der Waals surface area contributed by atoms with Crippen LogP contribution in [0.1, 0.15) is 50.2 Å². The number of hydrogen-bond acceptors (Lipinski definition) is 4. The van der Waals surface area contributed by atoms with Gasteiger partial charge in [0.15, 0.2) is 0 Å². The Kier molecular flexibility index (Phi) is 4.62. The van der Waals surface area contributed by atoms with E-state index in [9.17, 15) is 22.4 Å². The molecule has 1 aromatic heterocycles. The minimum Gasteiger partial charge on any atom is -0.444 e. The van der Waals surface area contributed by atoms with Crippen molar-refractivity contribution in [2.45, 2.75) is 63.9 Å². The van der Waals surface area contributed by atoms with Crippen LogP contribution in [0.4, 0.5) is 22.4 Å². The van der Waals surface area contributed by atoms with E-state index in [-0.39, 0.29) is 25.3 Å². The SMILES string of the molecule is CC(C)(C)OC(=O)N1CC[C@@H](F)[C@@H]2OCc3nc(C(F)(F)F)ccc3[C@@H]21. The summed E-state index contributed by atoms with van der Waals surface area (Å²) in [5.41, 5.74) is -1.38. The first kappa shape index (κ1) is 18.9. The third-order valence-corrected chi connectivity index (χ3v) is 4.31. The Bertz CT molecular complexity index is 702. The number of hydrogen-bond donors (Lipinski definition) is 0. The minimum atomic E-state index is -4.59. The Balaban J connectivity index is 1.98. The summed E-state index contributed by atoms with van der Waals surface area (Å²) in [6.45, 7) is 4.95. The van der Waals surface area contributed by atoms with Gasteiger partial charge in [-0.1, -0.05) is 6.07 Å². The van der Waals surface area contributed by atoms with Crippen LogP contribution in [0.3, 0.4) is 0 Å². The summed E-state index contributed by atoms with van der Waals surface area (Å²) < 4.78 is 63.8. The number of alkyl halides is 4. The second-order valence-electron chi connectivity index (χ2n) is 7.43. The number of halogens is 4. The molecule has 0 unspecified atom stereocenters. The normalized spacial score (nSPS) is 26.1. The number of aromatic nitrogens is 1. The predicted octanol–water partition coefficient (Wildman–Crippen LogP) is 4.02. The third-order valence-electron chi connectivity index (χ3n) is 4.31. The molecule has 1 aromatic rings. The largest absolute Gasteiger partial charge is 0.444 e. The molecule has 0 aliphatic carbocycles. The topological polar surface area (TPSA) is 51.7 Å². The van der Waals surface area contributed by atoms with Gasteiger partial charge in [0.25, 0.3) is 0 Å². The van der Waals surface area contributed by atoms with Crippen molar-refractivity contribution < 1.29 is 31.8 Å². The molecule has 3 atom stereocenters. The lowest BCUT2D eigenvalue weighted by Crippen LogP contribution is -2.54. The molecule has 1 fully saturated rings. The number of fused-ring (bicyclic) bond motifs is 3. The van der Waals surface area contributed by atoms with Crippen molar-refractivity contribution >= 4 is 6.09 Å². The number of ether oxygens (including phenoxy) is 2. The van der Waals surface area contributed by atoms with Gasteiger partial charge in [0.1, 0.15) is 23.6 Å². The van der Waals surface area contributed by atoms with Gasteiger partial charge in [-0.2, -0.15) is 13.2 Å². The van der Waals surface area contributed by atoms with Gasteiger partial charge < -0.3 is 9.47 Å². The van der Waals surface area contributed by atoms with Crippen molar-refractivity contribution in [3.8, 4) is 0 Å². The van der Waals surface area contributed by atoms with Crippen LogP contribution in [0.5, 0.6) is 0 Å². The molecular formula is C17H20F4N2O3. The molecular weight excluding hydrogens is 356 g/mol. The lowest BCUT2D eigenvalue weighted by molar-refractivity contribution is -0.142. The molecule has 0 spiro atoms. The molecule has 2 aliphatic rings. The highest BCUT2D eigenvalue weighted by atomic mass is 19.4. The number of carbonyl (C=O) groups is 1. The lowest BCUT2D eigenvalue weighted by Gasteiger charge is -2.45. The average molecular weight is 376 g/mol. The van der Waals surface area contributed by atoms with Crippen LogP contribution >= 0.6 is 0 Å². The molecule has 2 aliphatic heterocycles. The van der Waals surface area contributed by atoms with Crippen LogP contribution < -0.4 is 0 Å². The van der Waals surface area contributed by atoms with E-state index in [1.165, 1.54) is 11.0 Å². The predicted molar refractivity (Wildman–Crippen MR) is 83.0 cm³/mol. The van der Waals surface area contributed by atoms with Crippen LogP contribution in [0.2, 0.25) is 0 Å². The fourth-order valence-corrected chi connectivity index (χ4v) is 3.24. The van der Waals surface area contributed by atoms with Crippen molar-refractivity contribution in [3.63, 3.8) is 0 Å². The molecule has 1 amide bonds. The van der Waals surface area contributed by atoms with E-state index >= 15 is 0 Å². The molecule has 0 radical (unpaired) electrons. The molecule has 0 N–H and O–H groups in total. The zero-order valence-corrected chi connectivity index (χ0v) is 14.6. The first-order valence-electron chi connectivity index (χ1n) is 8.29. The van der Waals surface area contributed by atoms with Gasteiger partial charge in [0, 0.05) is 12.1 Å². The second-order valence-corrected chi connectivity index (χ2v) is 7.43. The first-order chi connectivity index (χ1) is 12.0. The van der Waals surface area contributed by atoms with Gasteiger partial charge in [0.05, 0.1) is 18.3 Å². The Morgan fingerprint density at radius 3 is 2.62 bits per heavy atom. The van der Waals surface area contributed by atoms with Gasteiger partial charge in [-0.3, -0.25) is 4.90 Å². The van der Waals surface area contributed by atoms with Crippen LogP contribution in [0.15, 0.2) is 12.1 Å². The summed E-state index contributed by atoms with van der Waals surface area (Å²) in [6, 6.07) is 1.23. The van der Waals surface area contributed by atoms with Crippen LogP contribution in [0, 0.1) is 0 Å². The molecule has 3 rings (SSSR count). The summed E-state index contributed by atoms with van der Waals surface area (Å²) in [6.07, 6.45) is -7.46. The number of piperidine rings is 1. The summed E-state index contributed by atoms with van der Waals surface area (Å²) in [5.74, 6) is 0. The Morgan fingerprint density at radius 1 is 1.31 bits per heavy atom. The third kappa shape index (κ3) is 3.62. The molecule has 0 bridgehead atoms. The second kappa shape index (κ2) is 6.37. The standard InChI is InChI=1S/C17H20F4N2O3/c1-16(2,3)26-15(24)23-7-6-10(18)14-13(23)9-4-5-12(17(19,20)21)22-11(9)8-25-14/h4-5,10,13-14H,6-8H2,1-3H3/t10-,13+,14+/m1/s1. The number of nitrogens with zero attached hydrogens (tertiary/aromatic N) is 2. The summed E-state index contributed by atoms with van der Waals surface area (Å²) >= 11 is 0. The molecule has 5 nitrogen and oxygen atoms in total. The number of carbonyl (C=O) groups excluding carboxylic acids is 1. The molecule has 144 valence electrons. The van der Waals surface area contributed by atoms with Crippen molar-refractivity contribution in [2.24, 2.45) is 0 Å². The summed E-state index contributed by atoms with van der Waals surface area (Å²) in [5, 5.41) is 0. The lowest BCUT2D eigenvalue weighted by atomic mass is 9.88. The zero-order valence-electron chi connectivity index (χ0n) is 14.6. The van der Waals surface area contributed by atoms with Gasteiger partial charge in [-0.05, 0) is 33.3 Å². The summed E-state index contributed by atoms with van der Waals surface area (Å²) in [7, 11) is 0. The number of rotatable bonds is 0. The average Bonchev–Trinajstić information content (AvgIpc) is 2.51. The van der Waals surface area contributed by atoms with Crippen LogP contribution in [-0.4, -0.2) is 40.4 Å². The maximum atomic E-state index is 14.4. The van der Waals surface area contributed by atoms with Crippen LogP contribution in [0.25, 0.3) is 0 Å². The molecule has 26 heavy (non-hydrogen) atoms. The van der Waals surface area contributed by atoms with Gasteiger partial charge in [-0.15, -0.1) is 0 Å². The molecule has 0 saturated carbocycles. The fraction of sp³-hybridized carbons (Fsp3) is 0.647. The van der Waals surface area contributed by atoms with Crippen molar-refractivity contribution in [2.75, 3.05) is 6.54 Å². The van der Waals surface area contributed by atoms with Crippen molar-refractivity contribution in [1.82, 2.24) is 9.88 Å². The van der Waals surface area contributed by atoms with E-state index in [4.69, 9.17) is 9.47 Å². The Hall–Kier alpha value is -1.90. The van der Waals surface area contributed by atoms with Crippen molar-refractivity contribution in [3.05, 3.63) is 29.1 Å². The maximum Gasteiger partial charge on any atom is 0.433 e. The van der Waals surface area contributed by atoms with Crippen LogP contribution in [-0.2, 0) is 22.3 Å². The summed E-state index contributed by atoms with van der Waals surface area (Å²) in [4.78, 5) is 17.5. The highest BCUT2D eigenvalue weighted by Gasteiger charge is 2.47. The van der Waals surface area contributed by atoms with E-state index in [0.29, 0.717) is 5.56 Å². The maximum absolute atomic E-state index is 14.4. The molecule has 3 heterocycles. The fourth-order valence-electron chi connectivity index (χ4n) is 3.24. The highest BCUT2D eigenvalue weighted by molar-refractivity contribution is 5.69. The van der Waals surface area contributed by atoms with Gasteiger partial charge in [-0.25, -0.2) is 14.2 Å². The van der Waals surface area contributed by atoms with E-state index < -0.39 is 41.9 Å². The Labute approximate surface area is 148 Å². The van der Waals surface area contributed by atoms with E-state index in [0.717, 1.165) is 6.07 Å². The quantitative estimate of drug-likeness (QED) is 0.642. The first-order valence-corrected chi connectivity index (χ1v) is 8.29. The molecule has 1 saturated heterocycles. The van der Waals surface area contributed by atoms with Gasteiger partial charge in [0.2, 0.25) is 0 Å². The van der Waals surface area contributed by atoms with Crippen molar-refractivity contribution in [1.29, 1.82) is 0 Å². The van der Waals surface area contributed by atoms with E-state index in [1.54, 1.807) is 20.8 Å². The molecule has 9 heteroatoms. The monoisotopic (exact) mass is 376 g/mol. The number of amides is 1. The number of likely N-dealkylation sites (tertiary alicyclic amines) is 1. The highest BCUT2D eigenvalue weighted by Crippen LogP contribution is 2.41. The van der Waals surface area contributed by atoms with E-state index in [1.807, 2.05) is 0 Å². The molecule has 0 aromatic carbocycles. The smallest absolute Gasteiger partial charge is 0.433 e. The zero-order chi connectivity index (χ0) is 19.3. The minimum absolute atomic E-state index is 0.0590. The van der Waals surface area contributed by atoms with Gasteiger partial charge >= 0.3 is 12.3 Å².